The van der Waals surface area contributed by atoms with E-state index in [0.29, 0.717) is 13.0 Å². The van der Waals surface area contributed by atoms with Gasteiger partial charge in [-0.2, -0.15) is 0 Å². The molecule has 0 aromatic rings. The van der Waals surface area contributed by atoms with Crippen LogP contribution < -0.4 is 0 Å². The van der Waals surface area contributed by atoms with Crippen LogP contribution in [-0.2, 0) is 9.47 Å². The van der Waals surface area contributed by atoms with Gasteiger partial charge in [0.15, 0.2) is 6.29 Å². The Morgan fingerprint density at radius 2 is 2.50 bits per heavy atom. The van der Waals surface area contributed by atoms with Crippen LogP contribution in [0.1, 0.15) is 6.42 Å². The fourth-order valence-electron chi connectivity index (χ4n) is 0.741. The highest BCUT2D eigenvalue weighted by atomic mass is 16.7. The molecule has 1 saturated heterocycles. The first-order valence-electron chi connectivity index (χ1n) is 2.65. The lowest BCUT2D eigenvalue weighted by molar-refractivity contribution is -0.0882. The maximum atomic E-state index is 8.83. The Morgan fingerprint density at radius 3 is 2.75 bits per heavy atom. The van der Waals surface area contributed by atoms with Gasteiger partial charge >= 0.3 is 0 Å². The molecule has 1 fully saturated rings. The van der Waals surface area contributed by atoms with Crippen molar-refractivity contribution >= 4 is 0 Å². The molecule has 0 bridgehead atoms. The lowest BCUT2D eigenvalue weighted by atomic mass is 10.3. The second-order valence-corrected chi connectivity index (χ2v) is 1.89. The van der Waals surface area contributed by atoms with Gasteiger partial charge in [0.05, 0.1) is 12.7 Å². The van der Waals surface area contributed by atoms with Crippen LogP contribution in [-0.4, -0.2) is 31.2 Å². The summed E-state index contributed by atoms with van der Waals surface area (Å²) in [5.41, 5.74) is 0. The molecule has 1 heterocycles. The van der Waals surface area contributed by atoms with Crippen molar-refractivity contribution in [3.8, 4) is 0 Å². The van der Waals surface area contributed by atoms with Crippen molar-refractivity contribution < 1.29 is 14.6 Å². The molecule has 48 valence electrons. The van der Waals surface area contributed by atoms with Crippen molar-refractivity contribution in [1.29, 1.82) is 0 Å². The zero-order chi connectivity index (χ0) is 5.98. The summed E-state index contributed by atoms with van der Waals surface area (Å²) in [5.74, 6) is 0. The highest BCUT2D eigenvalue weighted by Gasteiger charge is 2.22. The lowest BCUT2D eigenvalue weighted by Gasteiger charge is -2.03. The predicted octanol–water partition coefficient (Wildman–Crippen LogP) is -0.260. The van der Waals surface area contributed by atoms with Gasteiger partial charge in [-0.1, -0.05) is 0 Å². The summed E-state index contributed by atoms with van der Waals surface area (Å²) in [7, 11) is 1.57. The summed E-state index contributed by atoms with van der Waals surface area (Å²) in [5, 5.41) is 8.83. The second-order valence-electron chi connectivity index (χ2n) is 1.89. The Balaban J connectivity index is 2.22. The molecule has 1 aliphatic heterocycles. The van der Waals surface area contributed by atoms with Gasteiger partial charge in [0, 0.05) is 13.5 Å². The first-order valence-corrected chi connectivity index (χ1v) is 2.65. The molecule has 0 aromatic carbocycles. The van der Waals surface area contributed by atoms with Crippen LogP contribution in [0.3, 0.4) is 0 Å². The van der Waals surface area contributed by atoms with E-state index in [1.807, 2.05) is 0 Å². The quantitative estimate of drug-likeness (QED) is 0.515. The van der Waals surface area contributed by atoms with Crippen molar-refractivity contribution in [3.05, 3.63) is 0 Å². The number of hydrogen-bond acceptors (Lipinski definition) is 3. The van der Waals surface area contributed by atoms with E-state index in [0.717, 1.165) is 0 Å². The largest absolute Gasteiger partial charge is 0.391 e. The van der Waals surface area contributed by atoms with Crippen LogP contribution in [0.2, 0.25) is 0 Å². The van der Waals surface area contributed by atoms with Crippen LogP contribution >= 0.6 is 0 Å². The third kappa shape index (κ3) is 1.18. The van der Waals surface area contributed by atoms with Gasteiger partial charge in [0.1, 0.15) is 0 Å². The van der Waals surface area contributed by atoms with Gasteiger partial charge in [0.2, 0.25) is 0 Å². The van der Waals surface area contributed by atoms with Gasteiger partial charge in [-0.3, -0.25) is 0 Å². The predicted molar refractivity (Wildman–Crippen MR) is 27.4 cm³/mol. The average Bonchev–Trinajstić information content (AvgIpc) is 2.14. The Hall–Kier alpha value is -0.120. The van der Waals surface area contributed by atoms with Gasteiger partial charge in [-0.25, -0.2) is 0 Å². The van der Waals surface area contributed by atoms with Gasteiger partial charge < -0.3 is 14.6 Å². The van der Waals surface area contributed by atoms with E-state index >= 15 is 0 Å². The molecule has 0 radical (unpaired) electrons. The van der Waals surface area contributed by atoms with E-state index in [2.05, 4.69) is 0 Å². The van der Waals surface area contributed by atoms with E-state index in [-0.39, 0.29) is 12.4 Å². The highest BCUT2D eigenvalue weighted by Crippen LogP contribution is 2.12. The summed E-state index contributed by atoms with van der Waals surface area (Å²) < 4.78 is 9.74. The normalized spacial score (nSPS) is 38.2. The van der Waals surface area contributed by atoms with Crippen molar-refractivity contribution in [2.75, 3.05) is 13.7 Å². The Kier molecular flexibility index (Phi) is 1.83. The fraction of sp³-hybridized carbons (Fsp3) is 1.00. The Bertz CT molecular complexity index is 74.1. The zero-order valence-corrected chi connectivity index (χ0v) is 4.83. The first kappa shape index (κ1) is 6.01. The molecule has 1 rings (SSSR count). The summed E-state index contributed by atoms with van der Waals surface area (Å²) >= 11 is 0. The Labute approximate surface area is 48.2 Å². The Morgan fingerprint density at radius 1 is 1.75 bits per heavy atom. The fourth-order valence-corrected chi connectivity index (χ4v) is 0.741. The molecule has 8 heavy (non-hydrogen) atoms. The maximum Gasteiger partial charge on any atom is 0.159 e. The minimum Gasteiger partial charge on any atom is -0.391 e. The van der Waals surface area contributed by atoms with Crippen LogP contribution in [0.15, 0.2) is 0 Å². The van der Waals surface area contributed by atoms with Crippen molar-refractivity contribution in [1.82, 2.24) is 0 Å². The number of hydrogen-bond donors (Lipinski definition) is 1. The standard InChI is InChI=1S/C5H10O3/c1-7-5-2-4(6)3-8-5/h4-6H,2-3H2,1H3/t4-,5?/m0/s1. The molecule has 0 saturated carbocycles. The van der Waals surface area contributed by atoms with E-state index in [1.165, 1.54) is 0 Å². The summed E-state index contributed by atoms with van der Waals surface area (Å²) in [6.45, 7) is 0.415. The lowest BCUT2D eigenvalue weighted by Crippen LogP contribution is -2.07. The van der Waals surface area contributed by atoms with E-state index in [9.17, 15) is 0 Å². The summed E-state index contributed by atoms with van der Waals surface area (Å²) in [4.78, 5) is 0. The molecular weight excluding hydrogens is 108 g/mol. The molecule has 1 aliphatic rings. The minimum atomic E-state index is -0.319. The third-order valence-electron chi connectivity index (χ3n) is 1.20. The molecule has 0 aliphatic carbocycles. The van der Waals surface area contributed by atoms with Crippen LogP contribution in [0.4, 0.5) is 0 Å². The molecule has 3 nitrogen and oxygen atoms in total. The minimum absolute atomic E-state index is 0.176. The molecular formula is C5H10O3. The van der Waals surface area contributed by atoms with Crippen molar-refractivity contribution in [2.24, 2.45) is 0 Å². The van der Waals surface area contributed by atoms with Crippen LogP contribution in [0.5, 0.6) is 0 Å². The molecule has 2 atom stereocenters. The summed E-state index contributed by atoms with van der Waals surface area (Å²) in [6.07, 6.45) is 0.112. The number of aliphatic hydroxyl groups excluding tert-OH is 1. The zero-order valence-electron chi connectivity index (χ0n) is 4.83. The topological polar surface area (TPSA) is 38.7 Å². The average molecular weight is 118 g/mol. The number of ether oxygens (including phenoxy) is 2. The maximum absolute atomic E-state index is 8.83. The summed E-state index contributed by atoms with van der Waals surface area (Å²) in [6, 6.07) is 0. The molecule has 0 spiro atoms. The number of aliphatic hydroxyl groups is 1. The first-order chi connectivity index (χ1) is 3.83. The molecule has 0 amide bonds. The van der Waals surface area contributed by atoms with Gasteiger partial charge in [-0.05, 0) is 0 Å². The van der Waals surface area contributed by atoms with Gasteiger partial charge in [0.25, 0.3) is 0 Å². The SMILES string of the molecule is COC1C[C@H](O)CO1. The monoisotopic (exact) mass is 118 g/mol. The van der Waals surface area contributed by atoms with Crippen molar-refractivity contribution in [2.45, 2.75) is 18.8 Å². The van der Waals surface area contributed by atoms with Gasteiger partial charge in [-0.15, -0.1) is 0 Å². The van der Waals surface area contributed by atoms with E-state index < -0.39 is 0 Å². The number of methoxy groups -OCH3 is 1. The molecule has 3 heteroatoms. The molecule has 1 unspecified atom stereocenters. The molecule has 1 N–H and O–H groups in total. The second kappa shape index (κ2) is 2.44. The highest BCUT2D eigenvalue weighted by molar-refractivity contribution is 4.64. The van der Waals surface area contributed by atoms with Crippen LogP contribution in [0.25, 0.3) is 0 Å². The van der Waals surface area contributed by atoms with E-state index in [1.54, 1.807) is 7.11 Å². The van der Waals surface area contributed by atoms with Crippen LogP contribution in [0, 0.1) is 0 Å². The smallest absolute Gasteiger partial charge is 0.159 e. The third-order valence-corrected chi connectivity index (χ3v) is 1.20. The number of rotatable bonds is 1. The van der Waals surface area contributed by atoms with Crippen molar-refractivity contribution in [3.63, 3.8) is 0 Å². The van der Waals surface area contributed by atoms with E-state index in [4.69, 9.17) is 14.6 Å². The molecule has 0 aromatic heterocycles.